The Balaban J connectivity index is 2.12. The predicted octanol–water partition coefficient (Wildman–Crippen LogP) is 2.04. The van der Waals surface area contributed by atoms with E-state index in [1.54, 1.807) is 24.3 Å². The van der Waals surface area contributed by atoms with Crippen LogP contribution in [0.4, 0.5) is 0 Å². The highest BCUT2D eigenvalue weighted by Gasteiger charge is 2.30. The summed E-state index contributed by atoms with van der Waals surface area (Å²) in [6.45, 7) is 1.27. The fraction of sp³-hybridized carbons (Fsp3) is 0.300. The lowest BCUT2D eigenvalue weighted by atomic mass is 10.4. The van der Waals surface area contributed by atoms with Crippen molar-refractivity contribution < 1.29 is 4.92 Å². The molecule has 17 heavy (non-hydrogen) atoms. The van der Waals surface area contributed by atoms with Crippen LogP contribution in [-0.2, 0) is 0 Å². The number of nitro groups is 1. The number of nitrogens with one attached hydrogen (secondary N) is 1. The topological polar surface area (TPSA) is 67.5 Å². The maximum Gasteiger partial charge on any atom is 0.318 e. The summed E-state index contributed by atoms with van der Waals surface area (Å²) in [5.74, 6) is 0.440. The van der Waals surface area contributed by atoms with E-state index in [-0.39, 0.29) is 4.92 Å². The SMILES string of the molecule is O=[N+]([O-])C(Sc1ccc(Cl)cc1)C1=NCCN1. The van der Waals surface area contributed by atoms with E-state index in [1.807, 2.05) is 0 Å². The molecule has 1 aliphatic heterocycles. The zero-order valence-corrected chi connectivity index (χ0v) is 10.4. The molecule has 5 nitrogen and oxygen atoms in total. The monoisotopic (exact) mass is 271 g/mol. The molecular weight excluding hydrogens is 262 g/mol. The average Bonchev–Trinajstić information content (AvgIpc) is 2.81. The number of thioether (sulfide) groups is 1. The minimum absolute atomic E-state index is 0.337. The first-order chi connectivity index (χ1) is 8.16. The van der Waals surface area contributed by atoms with Crippen molar-refractivity contribution in [3.05, 3.63) is 39.4 Å². The quantitative estimate of drug-likeness (QED) is 0.394. The fourth-order valence-corrected chi connectivity index (χ4v) is 2.45. The van der Waals surface area contributed by atoms with Crippen LogP contribution in [-0.4, -0.2) is 29.2 Å². The van der Waals surface area contributed by atoms with Crippen LogP contribution in [0.5, 0.6) is 0 Å². The van der Waals surface area contributed by atoms with Crippen molar-refractivity contribution in [3.8, 4) is 0 Å². The molecule has 2 rings (SSSR count). The zero-order chi connectivity index (χ0) is 12.3. The van der Waals surface area contributed by atoms with Gasteiger partial charge in [0.05, 0.1) is 6.54 Å². The van der Waals surface area contributed by atoms with Crippen molar-refractivity contribution in [2.45, 2.75) is 10.3 Å². The first kappa shape index (κ1) is 12.2. The highest BCUT2D eigenvalue weighted by atomic mass is 35.5. The molecule has 0 saturated carbocycles. The molecule has 1 aliphatic rings. The van der Waals surface area contributed by atoms with Gasteiger partial charge in [-0.15, -0.1) is 0 Å². The summed E-state index contributed by atoms with van der Waals surface area (Å²) < 4.78 is 0. The van der Waals surface area contributed by atoms with Crippen LogP contribution in [0.2, 0.25) is 5.02 Å². The molecule has 1 heterocycles. The molecule has 1 aromatic carbocycles. The molecule has 0 spiro atoms. The van der Waals surface area contributed by atoms with Gasteiger partial charge < -0.3 is 5.32 Å². The van der Waals surface area contributed by atoms with Gasteiger partial charge in [-0.1, -0.05) is 11.6 Å². The van der Waals surface area contributed by atoms with Crippen LogP contribution in [0, 0.1) is 10.1 Å². The lowest BCUT2D eigenvalue weighted by Gasteiger charge is -2.09. The predicted molar refractivity (Wildman–Crippen MR) is 68.4 cm³/mol. The minimum Gasteiger partial charge on any atom is -0.365 e. The highest BCUT2D eigenvalue weighted by Crippen LogP contribution is 2.26. The van der Waals surface area contributed by atoms with E-state index in [4.69, 9.17) is 11.6 Å². The van der Waals surface area contributed by atoms with E-state index in [2.05, 4.69) is 10.3 Å². The molecular formula is C10H10ClN3O2S. The standard InChI is InChI=1S/C10H10ClN3O2S/c11-7-1-3-8(4-2-7)17-10(14(15)16)9-12-5-6-13-9/h1-4,10H,5-6H2,(H,12,13). The first-order valence-electron chi connectivity index (χ1n) is 5.01. The van der Waals surface area contributed by atoms with Crippen LogP contribution in [0.15, 0.2) is 34.2 Å². The third-order valence-electron chi connectivity index (χ3n) is 2.19. The summed E-state index contributed by atoms with van der Waals surface area (Å²) in [6, 6.07) is 6.95. The van der Waals surface area contributed by atoms with Gasteiger partial charge in [-0.3, -0.25) is 15.1 Å². The lowest BCUT2D eigenvalue weighted by Crippen LogP contribution is -2.34. The molecule has 0 radical (unpaired) electrons. The molecule has 0 saturated heterocycles. The van der Waals surface area contributed by atoms with Gasteiger partial charge in [0.2, 0.25) is 0 Å². The third-order valence-corrected chi connectivity index (χ3v) is 3.60. The number of rotatable bonds is 4. The van der Waals surface area contributed by atoms with Crippen LogP contribution in [0.3, 0.4) is 0 Å². The van der Waals surface area contributed by atoms with Gasteiger partial charge >= 0.3 is 5.37 Å². The van der Waals surface area contributed by atoms with Crippen LogP contribution < -0.4 is 5.32 Å². The van der Waals surface area contributed by atoms with Gasteiger partial charge in [-0.2, -0.15) is 0 Å². The third kappa shape index (κ3) is 3.10. The number of benzene rings is 1. The number of halogens is 1. The van der Waals surface area contributed by atoms with E-state index in [1.165, 1.54) is 0 Å². The molecule has 0 fully saturated rings. The van der Waals surface area contributed by atoms with Gasteiger partial charge in [0.15, 0.2) is 5.84 Å². The largest absolute Gasteiger partial charge is 0.365 e. The second kappa shape index (κ2) is 5.37. The maximum absolute atomic E-state index is 11.0. The normalized spacial score (nSPS) is 16.2. The summed E-state index contributed by atoms with van der Waals surface area (Å²) in [4.78, 5) is 15.5. The summed E-state index contributed by atoms with van der Waals surface area (Å²) in [7, 11) is 0. The molecule has 90 valence electrons. The Labute approximate surface area is 107 Å². The average molecular weight is 272 g/mol. The Morgan fingerprint density at radius 3 is 2.71 bits per heavy atom. The molecule has 1 atom stereocenters. The van der Waals surface area contributed by atoms with Crippen molar-refractivity contribution in [2.24, 2.45) is 4.99 Å². The Hall–Kier alpha value is -1.27. The van der Waals surface area contributed by atoms with Crippen LogP contribution in [0.1, 0.15) is 0 Å². The molecule has 1 unspecified atom stereocenters. The molecule has 0 amide bonds. The van der Waals surface area contributed by atoms with E-state index >= 15 is 0 Å². The second-order valence-corrected chi connectivity index (χ2v) is 4.99. The second-order valence-electron chi connectivity index (χ2n) is 3.40. The molecule has 0 aromatic heterocycles. The number of hydrogen-bond donors (Lipinski definition) is 1. The van der Waals surface area contributed by atoms with E-state index in [0.29, 0.717) is 23.9 Å². The van der Waals surface area contributed by atoms with Crippen molar-refractivity contribution in [3.63, 3.8) is 0 Å². The lowest BCUT2D eigenvalue weighted by molar-refractivity contribution is -0.477. The number of aliphatic imine (C=N–C) groups is 1. The molecule has 0 aliphatic carbocycles. The Morgan fingerprint density at radius 2 is 2.18 bits per heavy atom. The van der Waals surface area contributed by atoms with Gasteiger partial charge in [-0.25, -0.2) is 0 Å². The zero-order valence-electron chi connectivity index (χ0n) is 8.80. The van der Waals surface area contributed by atoms with Crippen molar-refractivity contribution in [2.75, 3.05) is 13.1 Å². The highest BCUT2D eigenvalue weighted by molar-refractivity contribution is 8.00. The van der Waals surface area contributed by atoms with Gasteiger partial charge in [0, 0.05) is 21.4 Å². The van der Waals surface area contributed by atoms with Gasteiger partial charge in [0.25, 0.3) is 0 Å². The molecule has 1 aromatic rings. The van der Waals surface area contributed by atoms with Crippen molar-refractivity contribution in [1.82, 2.24) is 5.32 Å². The summed E-state index contributed by atoms with van der Waals surface area (Å²) in [5.41, 5.74) is 0. The Bertz CT molecular complexity index is 449. The first-order valence-corrected chi connectivity index (χ1v) is 6.26. The summed E-state index contributed by atoms with van der Waals surface area (Å²) in [5, 5.41) is 13.7. The molecule has 7 heteroatoms. The Kier molecular flexibility index (Phi) is 3.86. The van der Waals surface area contributed by atoms with Crippen LogP contribution in [0.25, 0.3) is 0 Å². The number of hydrogen-bond acceptors (Lipinski definition) is 5. The molecule has 1 N–H and O–H groups in total. The minimum atomic E-state index is -0.876. The van der Waals surface area contributed by atoms with E-state index < -0.39 is 5.37 Å². The number of nitrogens with zero attached hydrogens (tertiary/aromatic N) is 2. The fourth-order valence-electron chi connectivity index (χ4n) is 1.42. The van der Waals surface area contributed by atoms with Crippen molar-refractivity contribution in [1.29, 1.82) is 0 Å². The molecule has 0 bridgehead atoms. The number of amidine groups is 1. The van der Waals surface area contributed by atoms with Gasteiger partial charge in [-0.05, 0) is 36.0 Å². The van der Waals surface area contributed by atoms with E-state index in [0.717, 1.165) is 16.7 Å². The van der Waals surface area contributed by atoms with Crippen LogP contribution >= 0.6 is 23.4 Å². The van der Waals surface area contributed by atoms with Crippen molar-refractivity contribution >= 4 is 29.2 Å². The van der Waals surface area contributed by atoms with Gasteiger partial charge in [0.1, 0.15) is 0 Å². The Morgan fingerprint density at radius 1 is 1.47 bits per heavy atom. The smallest absolute Gasteiger partial charge is 0.318 e. The maximum atomic E-state index is 11.0. The van der Waals surface area contributed by atoms with E-state index in [9.17, 15) is 10.1 Å². The summed E-state index contributed by atoms with van der Waals surface area (Å²) >= 11 is 6.91. The summed E-state index contributed by atoms with van der Waals surface area (Å²) in [6.07, 6.45) is 0.